The first-order chi connectivity index (χ1) is 26.7. The fourth-order valence-electron chi connectivity index (χ4n) is 6.63. The van der Waals surface area contributed by atoms with Crippen molar-refractivity contribution in [3.8, 4) is 51.2 Å². The van der Waals surface area contributed by atoms with Crippen molar-refractivity contribution in [3.05, 3.63) is 175 Å². The monoisotopic (exact) mass is 702 g/mol. The molecular formula is C50H46N4. The molecule has 54 heavy (non-hydrogen) atoms. The van der Waals surface area contributed by atoms with Crippen LogP contribution < -0.4 is 5.32 Å². The molecule has 1 aromatic heterocycles. The number of fused-ring (bicyclic) bond motifs is 3. The second kappa shape index (κ2) is 18.6. The first kappa shape index (κ1) is 38.4. The third-order valence-electron chi connectivity index (χ3n) is 8.90. The minimum absolute atomic E-state index is 0.611. The van der Waals surface area contributed by atoms with E-state index in [1.807, 2.05) is 96.1 Å². The molecule has 0 radical (unpaired) electrons. The van der Waals surface area contributed by atoms with Gasteiger partial charge in [0.25, 0.3) is 0 Å². The van der Waals surface area contributed by atoms with Crippen LogP contribution in [-0.2, 0) is 0 Å². The molecule has 0 aliphatic heterocycles. The summed E-state index contributed by atoms with van der Waals surface area (Å²) in [5.41, 5.74) is 12.5. The lowest BCUT2D eigenvalue weighted by molar-refractivity contribution is 1.18. The van der Waals surface area contributed by atoms with E-state index < -0.39 is 0 Å². The number of benzene rings is 7. The summed E-state index contributed by atoms with van der Waals surface area (Å²) in [6.07, 6.45) is 0. The summed E-state index contributed by atoms with van der Waals surface area (Å²) in [5.74, 6) is 0. The number of aromatic nitrogens is 1. The molecule has 1 heterocycles. The first-order valence-electron chi connectivity index (χ1n) is 18.8. The summed E-state index contributed by atoms with van der Waals surface area (Å²) in [6.45, 7) is 12.0. The topological polar surface area (TPSA) is 64.5 Å². The van der Waals surface area contributed by atoms with Crippen LogP contribution >= 0.6 is 0 Å². The Labute approximate surface area is 320 Å². The number of hydrogen-bond donors (Lipinski definition) is 1. The Morgan fingerprint density at radius 2 is 0.833 bits per heavy atom. The second-order valence-electron chi connectivity index (χ2n) is 11.7. The van der Waals surface area contributed by atoms with Crippen LogP contribution in [0.2, 0.25) is 0 Å². The first-order valence-corrected chi connectivity index (χ1v) is 18.8. The summed E-state index contributed by atoms with van der Waals surface area (Å²) >= 11 is 0. The van der Waals surface area contributed by atoms with Gasteiger partial charge in [0.1, 0.15) is 0 Å². The summed E-state index contributed by atoms with van der Waals surface area (Å²) in [5, 5.41) is 25.4. The molecule has 8 aromatic rings. The summed E-state index contributed by atoms with van der Waals surface area (Å²) < 4.78 is 2.36. The normalized spacial score (nSPS) is 10.0. The largest absolute Gasteiger partial charge is 0.353 e. The molecule has 1 N–H and O–H groups in total. The van der Waals surface area contributed by atoms with Gasteiger partial charge in [-0.25, -0.2) is 0 Å². The minimum atomic E-state index is 0.611. The predicted octanol–water partition coefficient (Wildman–Crippen LogP) is 14.4. The van der Waals surface area contributed by atoms with Crippen LogP contribution in [-0.4, -0.2) is 4.57 Å². The maximum atomic E-state index is 9.58. The van der Waals surface area contributed by atoms with E-state index >= 15 is 0 Å². The van der Waals surface area contributed by atoms with E-state index in [0.29, 0.717) is 11.1 Å². The Bertz CT molecular complexity index is 2480. The zero-order chi connectivity index (χ0) is 38.5. The maximum Gasteiger partial charge on any atom is 0.0991 e. The van der Waals surface area contributed by atoms with Crippen molar-refractivity contribution in [2.24, 2.45) is 0 Å². The predicted molar refractivity (Wildman–Crippen MR) is 230 cm³/mol. The number of hydrogen-bond acceptors (Lipinski definition) is 3. The lowest BCUT2D eigenvalue weighted by Gasteiger charge is -2.24. The van der Waals surface area contributed by atoms with Crippen molar-refractivity contribution in [2.45, 2.75) is 41.5 Å². The summed E-state index contributed by atoms with van der Waals surface area (Å²) in [4.78, 5) is 0. The average Bonchev–Trinajstić information content (AvgIpc) is 3.60. The van der Waals surface area contributed by atoms with Crippen LogP contribution in [0.4, 0.5) is 11.4 Å². The van der Waals surface area contributed by atoms with Gasteiger partial charge in [-0.2, -0.15) is 10.5 Å². The van der Waals surface area contributed by atoms with Gasteiger partial charge in [0.2, 0.25) is 0 Å². The number of nitriles is 2. The molecule has 0 aliphatic rings. The van der Waals surface area contributed by atoms with E-state index in [9.17, 15) is 10.5 Å². The SMILES string of the molecule is CC.CC.CC.N#Cc1ccc(-c2ccc(-c3ccc(C#N)cc3)c(-n3c4ccccc4c4ccccc43)c2Nc2ccccc2-c2ccccc2)cc1. The van der Waals surface area contributed by atoms with Gasteiger partial charge in [-0.15, -0.1) is 0 Å². The Morgan fingerprint density at radius 3 is 1.37 bits per heavy atom. The molecule has 0 saturated heterocycles. The fourth-order valence-corrected chi connectivity index (χ4v) is 6.63. The third-order valence-corrected chi connectivity index (χ3v) is 8.90. The van der Waals surface area contributed by atoms with Gasteiger partial charge in [-0.3, -0.25) is 0 Å². The van der Waals surface area contributed by atoms with Crippen LogP contribution in [0, 0.1) is 22.7 Å². The summed E-state index contributed by atoms with van der Waals surface area (Å²) in [6, 6.07) is 60.2. The standard InChI is InChI=1S/C44H28N4.3C2H6/c45-28-30-18-22-33(23-19-30)36-26-27-37(34-24-20-31(29-46)21-25-34)44(48-41-16-8-5-13-38(41)39-14-6-9-17-42(39)48)43(36)47-40-15-7-4-12-35(40)32-10-2-1-3-11-32;3*1-2/h1-27,47H;3*1-2H3. The van der Waals surface area contributed by atoms with Crippen molar-refractivity contribution in [1.82, 2.24) is 4.57 Å². The average molecular weight is 703 g/mol. The molecule has 8 rings (SSSR count). The van der Waals surface area contributed by atoms with Crippen molar-refractivity contribution in [2.75, 3.05) is 5.32 Å². The lowest BCUT2D eigenvalue weighted by atomic mass is 9.94. The number of nitrogens with zero attached hydrogens (tertiary/aromatic N) is 3. The molecule has 0 fully saturated rings. The van der Waals surface area contributed by atoms with Gasteiger partial charge < -0.3 is 9.88 Å². The Balaban J connectivity index is 0.000000892. The van der Waals surface area contributed by atoms with Crippen molar-refractivity contribution >= 4 is 33.2 Å². The van der Waals surface area contributed by atoms with Gasteiger partial charge in [0.05, 0.1) is 45.7 Å². The number of para-hydroxylation sites is 3. The Morgan fingerprint density at radius 1 is 0.407 bits per heavy atom. The van der Waals surface area contributed by atoms with Gasteiger partial charge in [-0.05, 0) is 59.2 Å². The van der Waals surface area contributed by atoms with Gasteiger partial charge >= 0.3 is 0 Å². The lowest BCUT2D eigenvalue weighted by Crippen LogP contribution is -2.06. The maximum absolute atomic E-state index is 9.58. The van der Waals surface area contributed by atoms with Crippen LogP contribution in [0.5, 0.6) is 0 Å². The van der Waals surface area contributed by atoms with E-state index in [0.717, 1.165) is 61.5 Å². The quantitative estimate of drug-likeness (QED) is 0.188. The Hall–Kier alpha value is -6.88. The number of nitrogens with one attached hydrogen (secondary N) is 1. The van der Waals surface area contributed by atoms with Gasteiger partial charge in [-0.1, -0.05) is 163 Å². The molecule has 0 spiro atoms. The van der Waals surface area contributed by atoms with Crippen molar-refractivity contribution in [3.63, 3.8) is 0 Å². The Kier molecular flexibility index (Phi) is 13.2. The molecule has 0 amide bonds. The number of anilines is 2. The van der Waals surface area contributed by atoms with Crippen LogP contribution in [0.3, 0.4) is 0 Å². The van der Waals surface area contributed by atoms with E-state index in [2.05, 4.69) is 131 Å². The smallest absolute Gasteiger partial charge is 0.0991 e. The molecule has 4 nitrogen and oxygen atoms in total. The third kappa shape index (κ3) is 7.65. The van der Waals surface area contributed by atoms with Crippen LogP contribution in [0.15, 0.2) is 164 Å². The van der Waals surface area contributed by atoms with E-state index in [4.69, 9.17) is 0 Å². The summed E-state index contributed by atoms with van der Waals surface area (Å²) in [7, 11) is 0. The molecular weight excluding hydrogens is 657 g/mol. The van der Waals surface area contributed by atoms with Gasteiger partial charge in [0.15, 0.2) is 0 Å². The highest BCUT2D eigenvalue weighted by Gasteiger charge is 2.23. The van der Waals surface area contributed by atoms with E-state index in [1.54, 1.807) is 0 Å². The van der Waals surface area contributed by atoms with Crippen LogP contribution in [0.1, 0.15) is 52.7 Å². The highest BCUT2D eigenvalue weighted by atomic mass is 15.0. The molecule has 0 unspecified atom stereocenters. The zero-order valence-corrected chi connectivity index (χ0v) is 31.9. The number of rotatable bonds is 6. The molecule has 0 bridgehead atoms. The zero-order valence-electron chi connectivity index (χ0n) is 31.9. The highest BCUT2D eigenvalue weighted by Crippen LogP contribution is 2.46. The van der Waals surface area contributed by atoms with Crippen LogP contribution in [0.25, 0.3) is 60.9 Å². The van der Waals surface area contributed by atoms with Gasteiger partial charge in [0, 0.05) is 33.2 Å². The van der Waals surface area contributed by atoms with E-state index in [1.165, 1.54) is 10.8 Å². The highest BCUT2D eigenvalue weighted by molar-refractivity contribution is 6.11. The van der Waals surface area contributed by atoms with E-state index in [-0.39, 0.29) is 0 Å². The van der Waals surface area contributed by atoms with Crippen molar-refractivity contribution < 1.29 is 0 Å². The molecule has 0 atom stereocenters. The van der Waals surface area contributed by atoms with Crippen molar-refractivity contribution in [1.29, 1.82) is 10.5 Å². The minimum Gasteiger partial charge on any atom is -0.353 e. The molecule has 266 valence electrons. The molecule has 7 aromatic carbocycles. The molecule has 0 saturated carbocycles. The molecule has 4 heteroatoms. The second-order valence-corrected chi connectivity index (χ2v) is 11.7. The molecule has 0 aliphatic carbocycles. The fraction of sp³-hybridized carbons (Fsp3) is 0.120.